The smallest absolute Gasteiger partial charge is 0.338 e. The van der Waals surface area contributed by atoms with Crippen molar-refractivity contribution in [2.45, 2.75) is 12.6 Å². The van der Waals surface area contributed by atoms with Gasteiger partial charge in [0.05, 0.1) is 25.5 Å². The molecule has 4 aromatic carbocycles. The minimum atomic E-state index is -0.604. The second kappa shape index (κ2) is 10.3. The van der Waals surface area contributed by atoms with Crippen LogP contribution in [0.1, 0.15) is 22.7 Å². The molecule has 0 unspecified atom stereocenters. The van der Waals surface area contributed by atoms with Crippen LogP contribution >= 0.6 is 0 Å². The molecule has 0 bridgehead atoms. The van der Waals surface area contributed by atoms with Crippen molar-refractivity contribution in [3.63, 3.8) is 0 Å². The molecule has 0 saturated heterocycles. The van der Waals surface area contributed by atoms with Crippen molar-refractivity contribution in [1.29, 1.82) is 0 Å². The summed E-state index contributed by atoms with van der Waals surface area (Å²) in [7, 11) is 2.97. The van der Waals surface area contributed by atoms with Crippen LogP contribution in [-0.4, -0.2) is 35.0 Å². The van der Waals surface area contributed by atoms with Crippen LogP contribution in [0.5, 0.6) is 11.5 Å². The highest BCUT2D eigenvalue weighted by atomic mass is 16.5. The fourth-order valence-electron chi connectivity index (χ4n) is 4.98. The Balaban J connectivity index is 1.40. The zero-order chi connectivity index (χ0) is 26.8. The summed E-state index contributed by atoms with van der Waals surface area (Å²) in [6.45, 7) is 0.378. The second-order valence-corrected chi connectivity index (χ2v) is 9.04. The lowest BCUT2D eigenvalue weighted by Gasteiger charge is -2.29. The largest absolute Gasteiger partial charge is 0.493 e. The standard InChI is InChI=1S/C31H26N4O4/c1-37-26-17-22(15-16-25(26)39-18-23-13-8-12-20-9-6-7-14-24(20)23)29-27(30(36)38-2)28(21-10-4-3-5-11-21)34-31-32-19-33-35(29)31/h3-17,19,29H,18H2,1-2H3,(H,32,33,34)/t29-/m0/s1. The van der Waals surface area contributed by atoms with E-state index in [1.54, 1.807) is 11.8 Å². The van der Waals surface area contributed by atoms with Crippen molar-refractivity contribution < 1.29 is 19.0 Å². The third-order valence-electron chi connectivity index (χ3n) is 6.83. The van der Waals surface area contributed by atoms with Crippen LogP contribution in [-0.2, 0) is 16.1 Å². The van der Waals surface area contributed by atoms with Crippen molar-refractivity contribution >= 4 is 28.4 Å². The molecule has 1 aromatic heterocycles. The topological polar surface area (TPSA) is 87.5 Å². The van der Waals surface area contributed by atoms with Crippen LogP contribution in [0, 0.1) is 0 Å². The summed E-state index contributed by atoms with van der Waals surface area (Å²) in [5.41, 5.74) is 3.70. The first kappa shape index (κ1) is 24.2. The number of methoxy groups -OCH3 is 2. The Morgan fingerprint density at radius 3 is 2.54 bits per heavy atom. The van der Waals surface area contributed by atoms with Gasteiger partial charge in [0.1, 0.15) is 19.0 Å². The maximum Gasteiger partial charge on any atom is 0.338 e. The number of esters is 1. The molecule has 1 aliphatic heterocycles. The van der Waals surface area contributed by atoms with E-state index in [9.17, 15) is 4.79 Å². The fourth-order valence-corrected chi connectivity index (χ4v) is 4.98. The minimum Gasteiger partial charge on any atom is -0.493 e. The van der Waals surface area contributed by atoms with Crippen LogP contribution in [0.2, 0.25) is 0 Å². The lowest BCUT2D eigenvalue weighted by molar-refractivity contribution is -0.136. The molecule has 8 heteroatoms. The van der Waals surface area contributed by atoms with Crippen molar-refractivity contribution in [3.8, 4) is 11.5 Å². The molecule has 0 spiro atoms. The summed E-state index contributed by atoms with van der Waals surface area (Å²) >= 11 is 0. The monoisotopic (exact) mass is 518 g/mol. The maximum atomic E-state index is 13.2. The van der Waals surface area contributed by atoms with E-state index in [-0.39, 0.29) is 0 Å². The van der Waals surface area contributed by atoms with Crippen molar-refractivity contribution in [2.24, 2.45) is 0 Å². The molecular formula is C31H26N4O4. The first-order valence-corrected chi connectivity index (χ1v) is 12.5. The Hall–Kier alpha value is -5.11. The number of fused-ring (bicyclic) bond motifs is 2. The van der Waals surface area contributed by atoms with Crippen LogP contribution in [0.15, 0.2) is 103 Å². The molecule has 0 fully saturated rings. The molecule has 6 rings (SSSR count). The Bertz CT molecular complexity index is 1690. The number of carbonyl (C=O) groups excluding carboxylic acids is 1. The van der Waals surface area contributed by atoms with Crippen molar-refractivity contribution in [1.82, 2.24) is 14.8 Å². The van der Waals surface area contributed by atoms with E-state index in [4.69, 9.17) is 14.2 Å². The van der Waals surface area contributed by atoms with Gasteiger partial charge in [0.25, 0.3) is 0 Å². The van der Waals surface area contributed by atoms with Gasteiger partial charge in [0, 0.05) is 0 Å². The third-order valence-corrected chi connectivity index (χ3v) is 6.83. The van der Waals surface area contributed by atoms with Crippen LogP contribution in [0.3, 0.4) is 0 Å². The van der Waals surface area contributed by atoms with Gasteiger partial charge in [-0.1, -0.05) is 78.9 Å². The number of ether oxygens (including phenoxy) is 3. The number of nitrogens with one attached hydrogen (secondary N) is 1. The molecule has 2 heterocycles. The highest BCUT2D eigenvalue weighted by molar-refractivity contribution is 6.02. The van der Waals surface area contributed by atoms with Gasteiger partial charge in [-0.25, -0.2) is 9.48 Å². The highest BCUT2D eigenvalue weighted by Crippen LogP contribution is 2.41. The average molecular weight is 519 g/mol. The Morgan fingerprint density at radius 2 is 1.72 bits per heavy atom. The van der Waals surface area contributed by atoms with Crippen molar-refractivity contribution in [2.75, 3.05) is 19.5 Å². The predicted octanol–water partition coefficient (Wildman–Crippen LogP) is 5.62. The number of hydrogen-bond acceptors (Lipinski definition) is 7. The van der Waals surface area contributed by atoms with Crippen LogP contribution in [0.4, 0.5) is 5.95 Å². The van der Waals surface area contributed by atoms with Gasteiger partial charge in [-0.2, -0.15) is 10.1 Å². The first-order valence-electron chi connectivity index (χ1n) is 12.5. The molecule has 0 aliphatic carbocycles. The molecule has 8 nitrogen and oxygen atoms in total. The quantitative estimate of drug-likeness (QED) is 0.280. The number of rotatable bonds is 7. The number of anilines is 1. The number of nitrogens with zero attached hydrogens (tertiary/aromatic N) is 3. The maximum absolute atomic E-state index is 13.2. The molecule has 1 atom stereocenters. The summed E-state index contributed by atoms with van der Waals surface area (Å²) in [6, 6.07) is 29.0. The fraction of sp³-hybridized carbons (Fsp3) is 0.129. The molecule has 0 amide bonds. The van der Waals surface area contributed by atoms with Crippen molar-refractivity contribution in [3.05, 3.63) is 120 Å². The second-order valence-electron chi connectivity index (χ2n) is 9.04. The zero-order valence-electron chi connectivity index (χ0n) is 21.5. The molecule has 39 heavy (non-hydrogen) atoms. The van der Waals surface area contributed by atoms with E-state index in [0.717, 1.165) is 27.5 Å². The van der Waals surface area contributed by atoms with E-state index < -0.39 is 12.0 Å². The van der Waals surface area contributed by atoms with Gasteiger partial charge < -0.3 is 19.5 Å². The van der Waals surface area contributed by atoms with E-state index in [2.05, 4.69) is 39.7 Å². The molecule has 1 aliphatic rings. The average Bonchev–Trinajstić information content (AvgIpc) is 3.47. The zero-order valence-corrected chi connectivity index (χ0v) is 21.5. The molecule has 0 radical (unpaired) electrons. The summed E-state index contributed by atoms with van der Waals surface area (Å²) in [5.74, 6) is 1.18. The summed E-state index contributed by atoms with van der Waals surface area (Å²) < 4.78 is 18.9. The molecule has 5 aromatic rings. The summed E-state index contributed by atoms with van der Waals surface area (Å²) in [5, 5.41) is 9.99. The Labute approximate surface area is 225 Å². The Kier molecular flexibility index (Phi) is 6.42. The van der Waals surface area contributed by atoms with E-state index >= 15 is 0 Å². The number of benzene rings is 4. The highest BCUT2D eigenvalue weighted by Gasteiger charge is 2.36. The van der Waals surface area contributed by atoms with Gasteiger partial charge in [0.15, 0.2) is 11.5 Å². The minimum absolute atomic E-state index is 0.378. The van der Waals surface area contributed by atoms with E-state index in [1.807, 2.05) is 66.7 Å². The lowest BCUT2D eigenvalue weighted by Crippen LogP contribution is -2.29. The van der Waals surface area contributed by atoms with Crippen LogP contribution < -0.4 is 14.8 Å². The van der Waals surface area contributed by atoms with E-state index in [0.29, 0.717) is 35.3 Å². The van der Waals surface area contributed by atoms with Crippen LogP contribution in [0.25, 0.3) is 16.5 Å². The van der Waals surface area contributed by atoms with E-state index in [1.165, 1.54) is 13.4 Å². The normalized spacial score (nSPS) is 14.5. The molecule has 0 saturated carbocycles. The van der Waals surface area contributed by atoms with Gasteiger partial charge in [-0.15, -0.1) is 0 Å². The van der Waals surface area contributed by atoms with Gasteiger partial charge in [0.2, 0.25) is 5.95 Å². The summed E-state index contributed by atoms with van der Waals surface area (Å²) in [4.78, 5) is 17.6. The number of carbonyl (C=O) groups is 1. The lowest BCUT2D eigenvalue weighted by atomic mass is 9.92. The third kappa shape index (κ3) is 4.46. The van der Waals surface area contributed by atoms with Gasteiger partial charge in [-0.3, -0.25) is 0 Å². The molecule has 194 valence electrons. The molecular weight excluding hydrogens is 492 g/mol. The predicted molar refractivity (Wildman–Crippen MR) is 148 cm³/mol. The summed E-state index contributed by atoms with van der Waals surface area (Å²) in [6.07, 6.45) is 1.46. The van der Waals surface area contributed by atoms with Gasteiger partial charge >= 0.3 is 5.97 Å². The van der Waals surface area contributed by atoms with Gasteiger partial charge in [-0.05, 0) is 39.6 Å². The SMILES string of the molecule is COC(=O)C1=C(c2ccccc2)Nc2ncnn2[C@H]1c1ccc(OCc2cccc3ccccc23)c(OC)c1. The first-order chi connectivity index (χ1) is 19.2. The Morgan fingerprint density at radius 1 is 0.923 bits per heavy atom. The number of aromatic nitrogens is 3. The molecule has 1 N–H and O–H groups in total. The number of hydrogen-bond donors (Lipinski definition) is 1.